The largest absolute Gasteiger partial charge is 0.467 e. The minimum Gasteiger partial charge on any atom is -0.467 e. The second-order valence-electron chi connectivity index (χ2n) is 4.83. The second-order valence-corrected chi connectivity index (χ2v) is 4.83. The van der Waals surface area contributed by atoms with Crippen LogP contribution in [0.1, 0.15) is 22.9 Å². The van der Waals surface area contributed by atoms with Gasteiger partial charge in [0.25, 0.3) is 5.91 Å². The van der Waals surface area contributed by atoms with E-state index in [9.17, 15) is 14.0 Å². The number of aromatic nitrogens is 3. The Morgan fingerprint density at radius 2 is 2.08 bits per heavy atom. The number of benzene rings is 1. The predicted octanol–water partition coefficient (Wildman–Crippen LogP) is 1.01. The second kappa shape index (κ2) is 7.37. The minimum absolute atomic E-state index is 0.0178. The molecule has 8 heteroatoms. The Bertz CT molecular complexity index is 793. The maximum Gasteiger partial charge on any atom is 0.329 e. The Hall–Kier alpha value is -3.21. The highest BCUT2D eigenvalue weighted by Gasteiger charge is 2.24. The summed E-state index contributed by atoms with van der Waals surface area (Å²) in [6, 6.07) is 4.58. The minimum atomic E-state index is -0.981. The number of terminal acetylenes is 1. The highest BCUT2D eigenvalue weighted by Crippen LogP contribution is 2.11. The molecule has 0 bridgehead atoms. The van der Waals surface area contributed by atoms with Crippen molar-refractivity contribution in [3.05, 3.63) is 41.7 Å². The molecule has 1 aromatic carbocycles. The van der Waals surface area contributed by atoms with Crippen LogP contribution in [0, 0.1) is 25.1 Å². The van der Waals surface area contributed by atoms with Crippen LogP contribution in [0.2, 0.25) is 0 Å². The first kappa shape index (κ1) is 17.1. The van der Waals surface area contributed by atoms with Crippen LogP contribution in [0.5, 0.6) is 0 Å². The number of carbonyl (C=O) groups is 2. The first-order chi connectivity index (χ1) is 11.5. The van der Waals surface area contributed by atoms with Gasteiger partial charge in [-0.15, -0.1) is 17.4 Å². The molecule has 0 saturated heterocycles. The first-order valence-corrected chi connectivity index (χ1v) is 6.98. The number of nitrogens with zero attached hydrogens (tertiary/aromatic N) is 3. The number of esters is 1. The zero-order valence-corrected chi connectivity index (χ0v) is 13.1. The fourth-order valence-electron chi connectivity index (χ4n) is 1.99. The number of methoxy groups -OCH3 is 1. The molecule has 0 aliphatic heterocycles. The number of carbonyl (C=O) groups excluding carboxylic acids is 2. The van der Waals surface area contributed by atoms with E-state index in [0.29, 0.717) is 11.5 Å². The number of hydrogen-bond acceptors (Lipinski definition) is 5. The van der Waals surface area contributed by atoms with Crippen molar-refractivity contribution in [1.82, 2.24) is 20.1 Å². The van der Waals surface area contributed by atoms with Crippen LogP contribution in [0.25, 0.3) is 5.69 Å². The molecule has 0 fully saturated rings. The van der Waals surface area contributed by atoms with Gasteiger partial charge in [-0.05, 0) is 31.2 Å². The highest BCUT2D eigenvalue weighted by atomic mass is 19.1. The van der Waals surface area contributed by atoms with Crippen LogP contribution < -0.4 is 5.32 Å². The fraction of sp³-hybridized carbons (Fsp3) is 0.250. The number of amides is 1. The van der Waals surface area contributed by atoms with Crippen LogP contribution in [0.15, 0.2) is 24.3 Å². The summed E-state index contributed by atoms with van der Waals surface area (Å²) < 4.78 is 19.0. The van der Waals surface area contributed by atoms with Gasteiger partial charge in [0, 0.05) is 6.42 Å². The molecule has 1 amide bonds. The van der Waals surface area contributed by atoms with Crippen molar-refractivity contribution in [3.8, 4) is 18.0 Å². The van der Waals surface area contributed by atoms with Crippen molar-refractivity contribution in [3.63, 3.8) is 0 Å². The number of nitrogens with one attached hydrogen (secondary N) is 1. The quantitative estimate of drug-likeness (QED) is 0.653. The van der Waals surface area contributed by atoms with E-state index in [1.807, 2.05) is 0 Å². The lowest BCUT2D eigenvalue weighted by atomic mass is 10.2. The van der Waals surface area contributed by atoms with Gasteiger partial charge in [-0.1, -0.05) is 0 Å². The maximum atomic E-state index is 13.0. The Morgan fingerprint density at radius 1 is 1.42 bits per heavy atom. The van der Waals surface area contributed by atoms with Gasteiger partial charge in [0.05, 0.1) is 12.8 Å². The molecule has 0 saturated carbocycles. The van der Waals surface area contributed by atoms with E-state index in [1.54, 1.807) is 6.92 Å². The van der Waals surface area contributed by atoms with Gasteiger partial charge in [0.15, 0.2) is 0 Å². The van der Waals surface area contributed by atoms with Crippen molar-refractivity contribution < 1.29 is 18.7 Å². The van der Waals surface area contributed by atoms with Crippen LogP contribution >= 0.6 is 0 Å². The van der Waals surface area contributed by atoms with Crippen molar-refractivity contribution in [2.45, 2.75) is 19.4 Å². The summed E-state index contributed by atoms with van der Waals surface area (Å²) in [5, 5.41) is 6.51. The summed E-state index contributed by atoms with van der Waals surface area (Å²) in [5.41, 5.74) is 0.550. The van der Waals surface area contributed by atoms with Gasteiger partial charge in [-0.25, -0.2) is 18.9 Å². The average Bonchev–Trinajstić information content (AvgIpc) is 2.96. The van der Waals surface area contributed by atoms with E-state index in [-0.39, 0.29) is 18.1 Å². The summed E-state index contributed by atoms with van der Waals surface area (Å²) >= 11 is 0. The van der Waals surface area contributed by atoms with E-state index in [0.717, 1.165) is 0 Å². The molecule has 0 aliphatic rings. The third-order valence-corrected chi connectivity index (χ3v) is 3.16. The molecule has 1 unspecified atom stereocenters. The Labute approximate surface area is 137 Å². The highest BCUT2D eigenvalue weighted by molar-refractivity contribution is 5.93. The van der Waals surface area contributed by atoms with Crippen molar-refractivity contribution in [1.29, 1.82) is 0 Å². The molecule has 2 aromatic rings. The molecule has 7 nitrogen and oxygen atoms in total. The van der Waals surface area contributed by atoms with E-state index in [2.05, 4.69) is 26.1 Å². The van der Waals surface area contributed by atoms with Crippen LogP contribution in [-0.4, -0.2) is 39.8 Å². The molecule has 0 radical (unpaired) electrons. The van der Waals surface area contributed by atoms with Crippen LogP contribution in [0.4, 0.5) is 4.39 Å². The lowest BCUT2D eigenvalue weighted by molar-refractivity contribution is -0.142. The summed E-state index contributed by atoms with van der Waals surface area (Å²) in [6.45, 7) is 1.65. The van der Waals surface area contributed by atoms with Gasteiger partial charge < -0.3 is 10.1 Å². The molecular weight excluding hydrogens is 315 g/mol. The fourth-order valence-corrected chi connectivity index (χ4v) is 1.99. The Morgan fingerprint density at radius 3 is 2.67 bits per heavy atom. The number of aryl methyl sites for hydroxylation is 1. The molecule has 124 valence electrons. The first-order valence-electron chi connectivity index (χ1n) is 6.98. The lowest BCUT2D eigenvalue weighted by Gasteiger charge is -2.12. The zero-order valence-electron chi connectivity index (χ0n) is 13.1. The van der Waals surface area contributed by atoms with E-state index in [4.69, 9.17) is 6.42 Å². The van der Waals surface area contributed by atoms with Gasteiger partial charge in [0.1, 0.15) is 17.7 Å². The molecule has 1 N–H and O–H groups in total. The maximum absolute atomic E-state index is 13.0. The molecule has 1 atom stereocenters. The van der Waals surface area contributed by atoms with Crippen molar-refractivity contribution >= 4 is 11.9 Å². The SMILES string of the molecule is C#CCC(NC(=O)c1nc(C)n(-c2ccc(F)cc2)n1)C(=O)OC. The van der Waals surface area contributed by atoms with Gasteiger partial charge >= 0.3 is 5.97 Å². The molecular formula is C16H15FN4O3. The molecule has 24 heavy (non-hydrogen) atoms. The van der Waals surface area contributed by atoms with Gasteiger partial charge in [0.2, 0.25) is 5.82 Å². The van der Waals surface area contributed by atoms with Crippen molar-refractivity contribution in [2.75, 3.05) is 7.11 Å². The molecule has 1 heterocycles. The Balaban J connectivity index is 2.22. The molecule has 2 rings (SSSR count). The summed E-state index contributed by atoms with van der Waals surface area (Å²) in [6.07, 6.45) is 5.16. The number of rotatable bonds is 5. The van der Waals surface area contributed by atoms with Gasteiger partial charge in [-0.3, -0.25) is 4.79 Å². The average molecular weight is 330 g/mol. The summed E-state index contributed by atoms with van der Waals surface area (Å²) in [7, 11) is 1.20. The van der Waals surface area contributed by atoms with Gasteiger partial charge in [-0.2, -0.15) is 0 Å². The number of ether oxygens (including phenoxy) is 1. The number of hydrogen-bond donors (Lipinski definition) is 1. The zero-order chi connectivity index (χ0) is 17.7. The smallest absolute Gasteiger partial charge is 0.329 e. The summed E-state index contributed by atoms with van der Waals surface area (Å²) in [5.74, 6) is 0.880. The van der Waals surface area contributed by atoms with Crippen molar-refractivity contribution in [2.24, 2.45) is 0 Å². The Kier molecular flexibility index (Phi) is 5.27. The van der Waals surface area contributed by atoms with E-state index in [1.165, 1.54) is 36.1 Å². The van der Waals surface area contributed by atoms with Crippen LogP contribution in [0.3, 0.4) is 0 Å². The topological polar surface area (TPSA) is 86.1 Å². The predicted molar refractivity (Wildman–Crippen MR) is 82.8 cm³/mol. The monoisotopic (exact) mass is 330 g/mol. The number of halogens is 1. The molecule has 0 spiro atoms. The van der Waals surface area contributed by atoms with Crippen LogP contribution in [-0.2, 0) is 9.53 Å². The van der Waals surface area contributed by atoms with E-state index >= 15 is 0 Å². The molecule has 1 aromatic heterocycles. The normalized spacial score (nSPS) is 11.4. The lowest BCUT2D eigenvalue weighted by Crippen LogP contribution is -2.41. The van der Waals surface area contributed by atoms with E-state index < -0.39 is 17.9 Å². The molecule has 0 aliphatic carbocycles. The standard InChI is InChI=1S/C16H15FN4O3/c1-4-5-13(16(23)24-3)19-15(22)14-18-10(2)21(20-14)12-8-6-11(17)7-9-12/h1,6-9,13H,5H2,2-3H3,(H,19,22). The third kappa shape index (κ3) is 3.76. The third-order valence-electron chi connectivity index (χ3n) is 3.16. The summed E-state index contributed by atoms with van der Waals surface area (Å²) in [4.78, 5) is 27.8.